The number of hydrogen-bond acceptors (Lipinski definition) is 4. The Morgan fingerprint density at radius 3 is 2.59 bits per heavy atom. The number of aryl methyl sites for hydroxylation is 1. The summed E-state index contributed by atoms with van der Waals surface area (Å²) in [6, 6.07) is 15.6. The summed E-state index contributed by atoms with van der Waals surface area (Å²) in [6.45, 7) is 2.04. The summed E-state index contributed by atoms with van der Waals surface area (Å²) in [5.74, 6) is -0.00346. The number of anilines is 1. The van der Waals surface area contributed by atoms with Gasteiger partial charge in [0.15, 0.2) is 11.3 Å². The number of carbonyl (C=O) groups excluding carboxylic acids is 2. The summed E-state index contributed by atoms with van der Waals surface area (Å²) < 4.78 is 10.9. The highest BCUT2D eigenvalue weighted by Crippen LogP contribution is 2.31. The Bertz CT molecular complexity index is 1190. The van der Waals surface area contributed by atoms with Crippen molar-refractivity contribution >= 4 is 40.1 Å². The fourth-order valence-electron chi connectivity index (χ4n) is 3.07. The third kappa shape index (κ3) is 3.75. The molecule has 2 N–H and O–H groups in total. The van der Waals surface area contributed by atoms with E-state index in [1.807, 2.05) is 6.07 Å². The first-order valence-electron chi connectivity index (χ1n) is 8.93. The normalized spacial score (nSPS) is 10.8. The van der Waals surface area contributed by atoms with Crippen LogP contribution in [0.5, 0.6) is 0 Å². The van der Waals surface area contributed by atoms with Crippen molar-refractivity contribution in [2.45, 2.75) is 13.5 Å². The zero-order valence-corrected chi connectivity index (χ0v) is 16.2. The van der Waals surface area contributed by atoms with Gasteiger partial charge in [0.1, 0.15) is 5.76 Å². The van der Waals surface area contributed by atoms with Gasteiger partial charge < -0.3 is 19.5 Å². The Morgan fingerprint density at radius 2 is 1.83 bits per heavy atom. The largest absolute Gasteiger partial charge is 0.467 e. The minimum Gasteiger partial charge on any atom is -0.467 e. The van der Waals surface area contributed by atoms with Crippen molar-refractivity contribution in [2.24, 2.45) is 0 Å². The van der Waals surface area contributed by atoms with E-state index in [-0.39, 0.29) is 18.2 Å². The van der Waals surface area contributed by atoms with Crippen LogP contribution in [0.3, 0.4) is 0 Å². The number of benzene rings is 2. The molecule has 0 aliphatic rings. The van der Waals surface area contributed by atoms with Gasteiger partial charge in [0.2, 0.25) is 0 Å². The fourth-order valence-corrected chi connectivity index (χ4v) is 3.28. The van der Waals surface area contributed by atoms with Crippen LogP contribution in [0.25, 0.3) is 11.0 Å². The van der Waals surface area contributed by atoms with Gasteiger partial charge in [-0.2, -0.15) is 0 Å². The van der Waals surface area contributed by atoms with Crippen LogP contribution in [0.15, 0.2) is 69.7 Å². The maximum absolute atomic E-state index is 12.8. The molecule has 0 aliphatic heterocycles. The van der Waals surface area contributed by atoms with Gasteiger partial charge in [0, 0.05) is 10.9 Å². The van der Waals surface area contributed by atoms with Crippen LogP contribution in [-0.4, -0.2) is 11.8 Å². The van der Waals surface area contributed by atoms with E-state index in [1.165, 1.54) is 6.26 Å². The Balaban J connectivity index is 1.57. The van der Waals surface area contributed by atoms with Gasteiger partial charge in [0.05, 0.1) is 29.1 Å². The van der Waals surface area contributed by atoms with Crippen molar-refractivity contribution in [2.75, 3.05) is 5.32 Å². The van der Waals surface area contributed by atoms with E-state index in [0.29, 0.717) is 33.2 Å². The highest BCUT2D eigenvalue weighted by atomic mass is 35.5. The van der Waals surface area contributed by atoms with Gasteiger partial charge >= 0.3 is 0 Å². The van der Waals surface area contributed by atoms with E-state index < -0.39 is 5.91 Å². The van der Waals surface area contributed by atoms with Gasteiger partial charge in [-0.15, -0.1) is 0 Å². The second-order valence-corrected chi connectivity index (χ2v) is 6.84. The second kappa shape index (κ2) is 7.85. The van der Waals surface area contributed by atoms with Gasteiger partial charge in [0.25, 0.3) is 11.8 Å². The molecule has 0 fully saturated rings. The first kappa shape index (κ1) is 18.8. The topological polar surface area (TPSA) is 84.5 Å². The number of para-hydroxylation sites is 2. The molecule has 2 aromatic carbocycles. The number of furan rings is 2. The third-order valence-corrected chi connectivity index (χ3v) is 4.84. The first-order chi connectivity index (χ1) is 14.0. The van der Waals surface area contributed by atoms with Crippen LogP contribution in [-0.2, 0) is 6.54 Å². The Hall–Kier alpha value is -3.51. The molecule has 0 saturated heterocycles. The van der Waals surface area contributed by atoms with Gasteiger partial charge in [-0.3, -0.25) is 9.59 Å². The Labute approximate surface area is 171 Å². The number of hydrogen-bond donors (Lipinski definition) is 2. The molecule has 7 heteroatoms. The fraction of sp³-hybridized carbons (Fsp3) is 0.0909. The summed E-state index contributed by atoms with van der Waals surface area (Å²) >= 11 is 6.17. The summed E-state index contributed by atoms with van der Waals surface area (Å²) in [7, 11) is 0. The summed E-state index contributed by atoms with van der Waals surface area (Å²) in [4.78, 5) is 25.4. The molecule has 0 spiro atoms. The molecule has 0 unspecified atom stereocenters. The zero-order chi connectivity index (χ0) is 20.4. The lowest BCUT2D eigenvalue weighted by Gasteiger charge is -2.10. The van der Waals surface area contributed by atoms with Crippen LogP contribution in [0.1, 0.15) is 32.2 Å². The van der Waals surface area contributed by atoms with Crippen LogP contribution in [0.4, 0.5) is 5.69 Å². The average molecular weight is 409 g/mol. The monoisotopic (exact) mass is 408 g/mol. The van der Waals surface area contributed by atoms with Crippen LogP contribution >= 0.6 is 11.6 Å². The van der Waals surface area contributed by atoms with Gasteiger partial charge in [-0.05, 0) is 37.3 Å². The van der Waals surface area contributed by atoms with Crippen molar-refractivity contribution in [3.8, 4) is 0 Å². The second-order valence-electron chi connectivity index (χ2n) is 6.43. The Morgan fingerprint density at radius 1 is 1.00 bits per heavy atom. The Kier molecular flexibility index (Phi) is 5.10. The van der Waals surface area contributed by atoms with Crippen LogP contribution in [0, 0.1) is 6.92 Å². The number of carbonyl (C=O) groups is 2. The minimum absolute atomic E-state index is 0.152. The minimum atomic E-state index is -0.457. The molecule has 2 aromatic heterocycles. The predicted octanol–water partition coefficient (Wildman–Crippen LogP) is 5.17. The molecular weight excluding hydrogens is 392 g/mol. The molecule has 2 heterocycles. The molecule has 146 valence electrons. The number of halogens is 1. The lowest BCUT2D eigenvalue weighted by molar-refractivity contribution is 0.0949. The molecule has 6 nitrogen and oxygen atoms in total. The number of nitrogens with one attached hydrogen (secondary N) is 2. The molecule has 2 amide bonds. The number of fused-ring (bicyclic) bond motifs is 1. The van der Waals surface area contributed by atoms with Crippen molar-refractivity contribution in [3.05, 3.63) is 88.5 Å². The quantitative estimate of drug-likeness (QED) is 0.477. The maximum Gasteiger partial charge on any atom is 0.291 e. The lowest BCUT2D eigenvalue weighted by atomic mass is 10.1. The van der Waals surface area contributed by atoms with Crippen LogP contribution < -0.4 is 10.6 Å². The number of rotatable bonds is 5. The van der Waals surface area contributed by atoms with Gasteiger partial charge in [-0.25, -0.2) is 0 Å². The first-order valence-corrected chi connectivity index (χ1v) is 9.31. The van der Waals surface area contributed by atoms with Gasteiger partial charge in [-0.1, -0.05) is 35.9 Å². The summed E-state index contributed by atoms with van der Waals surface area (Å²) in [5, 5.41) is 6.74. The maximum atomic E-state index is 12.8. The van der Waals surface area contributed by atoms with E-state index in [0.717, 1.165) is 5.39 Å². The standard InChI is InChI=1S/C22H17ClN2O4/c1-13-15-8-4-9-17(23)20(15)29-19(13)22(27)25-18-10-3-2-7-16(18)21(26)24-12-14-6-5-11-28-14/h2-11H,12H2,1H3,(H,24,26)(H,25,27). The molecule has 0 bridgehead atoms. The van der Waals surface area contributed by atoms with Crippen LogP contribution in [0.2, 0.25) is 5.02 Å². The third-order valence-electron chi connectivity index (χ3n) is 4.55. The molecule has 0 saturated carbocycles. The molecular formula is C22H17ClN2O4. The van der Waals surface area contributed by atoms with Crippen molar-refractivity contribution in [3.63, 3.8) is 0 Å². The molecule has 29 heavy (non-hydrogen) atoms. The molecule has 4 rings (SSSR count). The molecule has 0 atom stereocenters. The SMILES string of the molecule is Cc1c(C(=O)Nc2ccccc2C(=O)NCc2ccco2)oc2c(Cl)cccc12. The van der Waals surface area contributed by atoms with E-state index >= 15 is 0 Å². The van der Waals surface area contributed by atoms with E-state index in [9.17, 15) is 9.59 Å². The van der Waals surface area contributed by atoms with E-state index in [2.05, 4.69) is 10.6 Å². The predicted molar refractivity (Wildman–Crippen MR) is 110 cm³/mol. The molecule has 0 aliphatic carbocycles. The van der Waals surface area contributed by atoms with E-state index in [1.54, 1.807) is 55.5 Å². The van der Waals surface area contributed by atoms with Crippen molar-refractivity contribution < 1.29 is 18.4 Å². The zero-order valence-electron chi connectivity index (χ0n) is 15.5. The highest BCUT2D eigenvalue weighted by Gasteiger charge is 2.21. The van der Waals surface area contributed by atoms with E-state index in [4.69, 9.17) is 20.4 Å². The lowest BCUT2D eigenvalue weighted by Crippen LogP contribution is -2.24. The van der Waals surface area contributed by atoms with Crippen molar-refractivity contribution in [1.29, 1.82) is 0 Å². The molecule has 4 aromatic rings. The smallest absolute Gasteiger partial charge is 0.291 e. The van der Waals surface area contributed by atoms with Crippen molar-refractivity contribution in [1.82, 2.24) is 5.32 Å². The highest BCUT2D eigenvalue weighted by molar-refractivity contribution is 6.35. The number of amides is 2. The summed E-state index contributed by atoms with van der Waals surface area (Å²) in [5.41, 5.74) is 1.85. The summed E-state index contributed by atoms with van der Waals surface area (Å²) in [6.07, 6.45) is 1.54. The average Bonchev–Trinajstić information content (AvgIpc) is 3.36. The molecule has 0 radical (unpaired) electrons.